The van der Waals surface area contributed by atoms with Crippen LogP contribution in [-0.2, 0) is 20.9 Å². The van der Waals surface area contributed by atoms with Crippen molar-refractivity contribution in [3.63, 3.8) is 0 Å². The van der Waals surface area contributed by atoms with Crippen molar-refractivity contribution in [3.05, 3.63) is 81.9 Å². The summed E-state index contributed by atoms with van der Waals surface area (Å²) in [4.78, 5) is 12.7. The highest BCUT2D eigenvalue weighted by Crippen LogP contribution is 2.40. The molecule has 0 bridgehead atoms. The van der Waals surface area contributed by atoms with E-state index in [9.17, 15) is 10.1 Å². The highest BCUT2D eigenvalue weighted by atomic mass is 16.5. The number of carbonyl (C=O) groups excluding carboxylic acids is 1. The van der Waals surface area contributed by atoms with Gasteiger partial charge in [0.15, 0.2) is 0 Å². The lowest BCUT2D eigenvalue weighted by molar-refractivity contribution is -0.139. The molecule has 1 aliphatic heterocycles. The second kappa shape index (κ2) is 10.3. The smallest absolute Gasteiger partial charge is 0.338 e. The van der Waals surface area contributed by atoms with Gasteiger partial charge in [0.05, 0.1) is 36.8 Å². The minimum Gasteiger partial charge on any atom is -0.496 e. The summed E-state index contributed by atoms with van der Waals surface area (Å²) in [5, 5.41) is 18.7. The van der Waals surface area contributed by atoms with E-state index in [0.717, 1.165) is 0 Å². The second-order valence-electron chi connectivity index (χ2n) is 7.11. The van der Waals surface area contributed by atoms with E-state index in [0.29, 0.717) is 28.2 Å². The number of carbonyl (C=O) groups is 1. The largest absolute Gasteiger partial charge is 0.496 e. The van der Waals surface area contributed by atoms with E-state index in [1.54, 1.807) is 63.4 Å². The molecule has 0 amide bonds. The van der Waals surface area contributed by atoms with Crippen LogP contribution in [0.15, 0.2) is 65.3 Å². The number of hydrogen-bond acceptors (Lipinski definition) is 8. The first-order chi connectivity index (χ1) is 15.9. The van der Waals surface area contributed by atoms with Crippen LogP contribution in [0.2, 0.25) is 0 Å². The number of benzene rings is 2. The summed E-state index contributed by atoms with van der Waals surface area (Å²) in [5.74, 6) is 0.0415. The number of nitriles is 2. The fraction of sp³-hybridized carbons (Fsp3) is 0.240. The molecule has 3 rings (SSSR count). The van der Waals surface area contributed by atoms with Crippen molar-refractivity contribution in [2.75, 3.05) is 13.7 Å². The number of rotatable bonds is 7. The van der Waals surface area contributed by atoms with E-state index in [1.807, 2.05) is 0 Å². The van der Waals surface area contributed by atoms with Crippen LogP contribution in [0.25, 0.3) is 0 Å². The number of hydrogen-bond donors (Lipinski definition) is 1. The summed E-state index contributed by atoms with van der Waals surface area (Å²) >= 11 is 0. The lowest BCUT2D eigenvalue weighted by Crippen LogP contribution is -2.25. The third-order valence-electron chi connectivity index (χ3n) is 5.12. The Labute approximate surface area is 192 Å². The zero-order chi connectivity index (χ0) is 24.0. The third-order valence-corrected chi connectivity index (χ3v) is 5.12. The molecule has 0 saturated heterocycles. The molecule has 1 aliphatic rings. The number of nitrogens with zero attached hydrogens (tertiary/aromatic N) is 2. The first kappa shape index (κ1) is 23.2. The summed E-state index contributed by atoms with van der Waals surface area (Å²) in [6.45, 7) is 3.65. The van der Waals surface area contributed by atoms with Crippen LogP contribution in [-0.4, -0.2) is 19.7 Å². The lowest BCUT2D eigenvalue weighted by Gasteiger charge is -2.27. The van der Waals surface area contributed by atoms with Gasteiger partial charge in [-0.25, -0.2) is 4.79 Å². The standard InChI is InChI=1S/C25H23N3O5/c1-4-31-25(29)22-15(2)33-24(28)20(13-27)23(22)17-7-10-21(30-3)18(11-17)14-32-19-8-5-16(12-26)6-9-19/h5-11,23H,4,14,28H2,1-3H3. The molecule has 0 fully saturated rings. The van der Waals surface area contributed by atoms with Crippen molar-refractivity contribution >= 4 is 5.97 Å². The van der Waals surface area contributed by atoms with Gasteiger partial charge in [0, 0.05) is 5.56 Å². The first-order valence-corrected chi connectivity index (χ1v) is 10.2. The Morgan fingerprint density at radius 2 is 1.88 bits per heavy atom. The molecule has 0 radical (unpaired) electrons. The van der Waals surface area contributed by atoms with Crippen molar-refractivity contribution in [3.8, 4) is 23.6 Å². The lowest BCUT2D eigenvalue weighted by atomic mass is 9.82. The minimum atomic E-state index is -0.762. The fourth-order valence-electron chi connectivity index (χ4n) is 3.57. The van der Waals surface area contributed by atoms with E-state index in [2.05, 4.69) is 12.1 Å². The average molecular weight is 445 g/mol. The molecule has 8 nitrogen and oxygen atoms in total. The monoisotopic (exact) mass is 445 g/mol. The molecule has 8 heteroatoms. The number of nitrogens with two attached hydrogens (primary N) is 1. The maximum Gasteiger partial charge on any atom is 0.338 e. The Hall–Kier alpha value is -4.43. The van der Waals surface area contributed by atoms with Gasteiger partial charge in [0.2, 0.25) is 5.88 Å². The predicted octanol–water partition coefficient (Wildman–Crippen LogP) is 3.79. The molecule has 2 N–H and O–H groups in total. The summed E-state index contributed by atoms with van der Waals surface area (Å²) in [7, 11) is 1.54. The molecular formula is C25H23N3O5. The van der Waals surface area contributed by atoms with Crippen LogP contribution in [0.5, 0.6) is 11.5 Å². The van der Waals surface area contributed by atoms with E-state index in [1.165, 1.54) is 0 Å². The molecule has 0 aromatic heterocycles. The van der Waals surface area contributed by atoms with Gasteiger partial charge in [0.25, 0.3) is 0 Å². The first-order valence-electron chi connectivity index (χ1n) is 10.2. The van der Waals surface area contributed by atoms with Crippen LogP contribution in [0.3, 0.4) is 0 Å². The normalized spacial score (nSPS) is 15.2. The summed E-state index contributed by atoms with van der Waals surface area (Å²) < 4.78 is 22.0. The summed E-state index contributed by atoms with van der Waals surface area (Å²) in [5.41, 5.74) is 8.17. The highest BCUT2D eigenvalue weighted by Gasteiger charge is 2.36. The zero-order valence-corrected chi connectivity index (χ0v) is 18.5. The molecule has 168 valence electrons. The Bertz CT molecular complexity index is 1200. The zero-order valence-electron chi connectivity index (χ0n) is 18.5. The topological polar surface area (TPSA) is 128 Å². The van der Waals surface area contributed by atoms with Gasteiger partial charge in [-0.2, -0.15) is 10.5 Å². The Balaban J connectivity index is 2.00. The molecule has 1 heterocycles. The van der Waals surface area contributed by atoms with Crippen LogP contribution < -0.4 is 15.2 Å². The van der Waals surface area contributed by atoms with Gasteiger partial charge >= 0.3 is 5.97 Å². The Morgan fingerprint density at radius 3 is 2.48 bits per heavy atom. The second-order valence-corrected chi connectivity index (χ2v) is 7.11. The number of ether oxygens (including phenoxy) is 4. The molecule has 0 spiro atoms. The van der Waals surface area contributed by atoms with Crippen LogP contribution in [0, 0.1) is 22.7 Å². The van der Waals surface area contributed by atoms with Crippen molar-refractivity contribution in [2.24, 2.45) is 5.73 Å². The van der Waals surface area contributed by atoms with E-state index in [4.69, 9.17) is 29.9 Å². The van der Waals surface area contributed by atoms with Gasteiger partial charge in [-0.1, -0.05) is 6.07 Å². The number of methoxy groups -OCH3 is 1. The Morgan fingerprint density at radius 1 is 1.15 bits per heavy atom. The molecule has 33 heavy (non-hydrogen) atoms. The molecule has 1 unspecified atom stereocenters. The number of allylic oxidation sites excluding steroid dienone is 2. The van der Waals surface area contributed by atoms with E-state index in [-0.39, 0.29) is 36.0 Å². The maximum absolute atomic E-state index is 12.7. The molecule has 0 saturated carbocycles. The summed E-state index contributed by atoms with van der Waals surface area (Å²) in [6, 6.07) is 16.2. The molecule has 2 aromatic carbocycles. The summed E-state index contributed by atoms with van der Waals surface area (Å²) in [6.07, 6.45) is 0. The van der Waals surface area contributed by atoms with E-state index >= 15 is 0 Å². The van der Waals surface area contributed by atoms with Gasteiger partial charge in [-0.15, -0.1) is 0 Å². The van der Waals surface area contributed by atoms with Crippen LogP contribution >= 0.6 is 0 Å². The predicted molar refractivity (Wildman–Crippen MR) is 118 cm³/mol. The molecule has 1 atom stereocenters. The van der Waals surface area contributed by atoms with Crippen molar-refractivity contribution < 1.29 is 23.7 Å². The van der Waals surface area contributed by atoms with Crippen LogP contribution in [0.4, 0.5) is 0 Å². The van der Waals surface area contributed by atoms with Crippen LogP contribution in [0.1, 0.15) is 36.5 Å². The molecular weight excluding hydrogens is 422 g/mol. The molecule has 2 aromatic rings. The minimum absolute atomic E-state index is 0.0563. The van der Waals surface area contributed by atoms with Gasteiger partial charge in [-0.05, 0) is 55.8 Å². The molecule has 0 aliphatic carbocycles. The van der Waals surface area contributed by atoms with Gasteiger partial charge in [0.1, 0.15) is 35.5 Å². The van der Waals surface area contributed by atoms with E-state index < -0.39 is 11.9 Å². The van der Waals surface area contributed by atoms with Crippen molar-refractivity contribution in [1.82, 2.24) is 0 Å². The average Bonchev–Trinajstić information content (AvgIpc) is 2.82. The Kier molecular flexibility index (Phi) is 7.22. The number of esters is 1. The SMILES string of the molecule is CCOC(=O)C1=C(C)OC(N)=C(C#N)C1c1ccc(OC)c(COc2ccc(C#N)cc2)c1. The fourth-order valence-corrected chi connectivity index (χ4v) is 3.57. The van der Waals surface area contributed by atoms with Crippen molar-refractivity contribution in [2.45, 2.75) is 26.4 Å². The quantitative estimate of drug-likeness (QED) is 0.638. The van der Waals surface area contributed by atoms with Gasteiger partial charge in [-0.3, -0.25) is 0 Å². The van der Waals surface area contributed by atoms with Crippen molar-refractivity contribution in [1.29, 1.82) is 10.5 Å². The third kappa shape index (κ3) is 4.91. The highest BCUT2D eigenvalue weighted by molar-refractivity contribution is 5.92. The van der Waals surface area contributed by atoms with Gasteiger partial charge < -0.3 is 24.7 Å². The maximum atomic E-state index is 12.7.